The largest absolute Gasteiger partial charge is 0.497 e. The smallest absolute Gasteiger partial charge is 0.118 e. The molecule has 3 aliphatic rings. The number of ether oxygens (including phenoxy) is 2. The maximum Gasteiger partial charge on any atom is 0.118 e. The summed E-state index contributed by atoms with van der Waals surface area (Å²) in [7, 11) is 1.72. The Balaban J connectivity index is 1.27. The molecule has 1 aromatic carbocycles. The van der Waals surface area contributed by atoms with E-state index >= 15 is 0 Å². The molecule has 3 fully saturated rings. The first-order valence-electron chi connectivity index (χ1n) is 11.2. The van der Waals surface area contributed by atoms with E-state index in [0.29, 0.717) is 12.1 Å². The molecule has 5 rings (SSSR count). The molecular formula is C24H33N3O2. The predicted molar refractivity (Wildman–Crippen MR) is 113 cm³/mol. The van der Waals surface area contributed by atoms with Crippen molar-refractivity contribution in [2.75, 3.05) is 26.8 Å². The second-order valence-corrected chi connectivity index (χ2v) is 9.30. The molecule has 0 bridgehead atoms. The van der Waals surface area contributed by atoms with Gasteiger partial charge in [-0.2, -0.15) is 0 Å². The average molecular weight is 396 g/mol. The van der Waals surface area contributed by atoms with Gasteiger partial charge in [0, 0.05) is 38.6 Å². The Morgan fingerprint density at radius 3 is 2.48 bits per heavy atom. The molecule has 2 heterocycles. The number of rotatable bonds is 7. The van der Waals surface area contributed by atoms with Crippen LogP contribution in [0.4, 0.5) is 0 Å². The van der Waals surface area contributed by atoms with Crippen LogP contribution in [0.15, 0.2) is 36.7 Å². The fourth-order valence-electron chi connectivity index (χ4n) is 5.36. The molecule has 0 radical (unpaired) electrons. The molecule has 2 aromatic rings. The van der Waals surface area contributed by atoms with E-state index in [-0.39, 0.29) is 0 Å². The van der Waals surface area contributed by atoms with Crippen molar-refractivity contribution in [1.29, 1.82) is 0 Å². The van der Waals surface area contributed by atoms with Crippen molar-refractivity contribution in [1.82, 2.24) is 14.5 Å². The zero-order valence-electron chi connectivity index (χ0n) is 17.7. The Morgan fingerprint density at radius 2 is 1.83 bits per heavy atom. The third-order valence-electron chi connectivity index (χ3n) is 7.19. The normalized spacial score (nSPS) is 29.7. The summed E-state index contributed by atoms with van der Waals surface area (Å²) in [6, 6.07) is 8.95. The number of hydrogen-bond donors (Lipinski definition) is 0. The van der Waals surface area contributed by atoms with Crippen LogP contribution < -0.4 is 4.74 Å². The molecule has 156 valence electrons. The summed E-state index contributed by atoms with van der Waals surface area (Å²) < 4.78 is 14.2. The highest BCUT2D eigenvalue weighted by Crippen LogP contribution is 2.44. The lowest BCUT2D eigenvalue weighted by Gasteiger charge is -2.39. The Morgan fingerprint density at radius 1 is 1.07 bits per heavy atom. The number of nitrogens with zero attached hydrogens (tertiary/aromatic N) is 3. The Labute approximate surface area is 174 Å². The van der Waals surface area contributed by atoms with Crippen molar-refractivity contribution in [2.45, 2.75) is 51.3 Å². The van der Waals surface area contributed by atoms with E-state index in [1.54, 1.807) is 7.11 Å². The van der Waals surface area contributed by atoms with Crippen molar-refractivity contribution in [3.63, 3.8) is 0 Å². The summed E-state index contributed by atoms with van der Waals surface area (Å²) in [4.78, 5) is 7.13. The first-order valence-corrected chi connectivity index (χ1v) is 11.2. The molecule has 29 heavy (non-hydrogen) atoms. The van der Waals surface area contributed by atoms with E-state index in [4.69, 9.17) is 9.47 Å². The number of fused-ring (bicyclic) bond motifs is 1. The van der Waals surface area contributed by atoms with Gasteiger partial charge in [-0.3, -0.25) is 4.90 Å². The van der Waals surface area contributed by atoms with E-state index in [1.165, 1.54) is 44.3 Å². The SMILES string of the molecule is COc1ccc(CN2C[C@H]3C[C@H](OCC4CC4)[C@@H](n4ccnc4C)C[C@H]3C2)cc1. The van der Waals surface area contributed by atoms with Gasteiger partial charge in [0.25, 0.3) is 0 Å². The van der Waals surface area contributed by atoms with E-state index in [0.717, 1.165) is 42.5 Å². The number of methoxy groups -OCH3 is 1. The maximum absolute atomic E-state index is 6.50. The molecule has 5 heteroatoms. The highest BCUT2D eigenvalue weighted by atomic mass is 16.5. The van der Waals surface area contributed by atoms with E-state index in [1.807, 2.05) is 6.20 Å². The van der Waals surface area contributed by atoms with E-state index < -0.39 is 0 Å². The number of aryl methyl sites for hydroxylation is 1. The second-order valence-electron chi connectivity index (χ2n) is 9.30. The van der Waals surface area contributed by atoms with Crippen LogP contribution in [-0.2, 0) is 11.3 Å². The van der Waals surface area contributed by atoms with Gasteiger partial charge in [-0.1, -0.05) is 12.1 Å². The van der Waals surface area contributed by atoms with Gasteiger partial charge in [0.1, 0.15) is 11.6 Å². The van der Waals surface area contributed by atoms with E-state index in [2.05, 4.69) is 51.8 Å². The van der Waals surface area contributed by atoms with Gasteiger partial charge in [0.2, 0.25) is 0 Å². The van der Waals surface area contributed by atoms with Gasteiger partial charge in [-0.25, -0.2) is 4.98 Å². The van der Waals surface area contributed by atoms with E-state index in [9.17, 15) is 0 Å². The second kappa shape index (κ2) is 8.11. The highest BCUT2D eigenvalue weighted by Gasteiger charge is 2.43. The third kappa shape index (κ3) is 4.22. The maximum atomic E-state index is 6.50. The number of hydrogen-bond acceptors (Lipinski definition) is 4. The molecule has 0 unspecified atom stereocenters. The van der Waals surface area contributed by atoms with Gasteiger partial charge in [-0.15, -0.1) is 0 Å². The summed E-state index contributed by atoms with van der Waals surface area (Å²) in [5.74, 6) is 4.35. The van der Waals surface area contributed by atoms with Crippen LogP contribution in [-0.4, -0.2) is 47.4 Å². The molecule has 1 saturated heterocycles. The van der Waals surface area contributed by atoms with Gasteiger partial charge >= 0.3 is 0 Å². The summed E-state index contributed by atoms with van der Waals surface area (Å²) in [6.45, 7) is 6.47. The minimum absolute atomic E-state index is 0.325. The first kappa shape index (κ1) is 19.1. The topological polar surface area (TPSA) is 39.5 Å². The number of likely N-dealkylation sites (tertiary alicyclic amines) is 1. The molecule has 0 spiro atoms. The number of aromatic nitrogens is 2. The molecule has 1 aliphatic heterocycles. The average Bonchev–Trinajstić information content (AvgIpc) is 3.34. The van der Waals surface area contributed by atoms with Crippen molar-refractivity contribution in [3.8, 4) is 5.75 Å². The minimum atomic E-state index is 0.325. The zero-order valence-corrected chi connectivity index (χ0v) is 17.7. The van der Waals surface area contributed by atoms with Crippen LogP contribution >= 0.6 is 0 Å². The molecule has 0 amide bonds. The quantitative estimate of drug-likeness (QED) is 0.708. The third-order valence-corrected chi connectivity index (χ3v) is 7.19. The van der Waals surface area contributed by atoms with Crippen LogP contribution in [0.2, 0.25) is 0 Å². The molecular weight excluding hydrogens is 362 g/mol. The van der Waals surface area contributed by atoms with Gasteiger partial charge in [-0.05, 0) is 68.1 Å². The highest BCUT2D eigenvalue weighted by molar-refractivity contribution is 5.27. The summed E-state index contributed by atoms with van der Waals surface area (Å²) >= 11 is 0. The molecule has 5 nitrogen and oxygen atoms in total. The predicted octanol–water partition coefficient (Wildman–Crippen LogP) is 4.08. The summed E-state index contributed by atoms with van der Waals surface area (Å²) in [5.41, 5.74) is 1.37. The van der Waals surface area contributed by atoms with Crippen LogP contribution in [0.5, 0.6) is 5.75 Å². The van der Waals surface area contributed by atoms with Crippen LogP contribution in [0.1, 0.15) is 43.1 Å². The fraction of sp³-hybridized carbons (Fsp3) is 0.625. The number of benzene rings is 1. The minimum Gasteiger partial charge on any atom is -0.497 e. The van der Waals surface area contributed by atoms with Crippen LogP contribution in [0.3, 0.4) is 0 Å². The molecule has 2 saturated carbocycles. The van der Waals surface area contributed by atoms with Crippen LogP contribution in [0.25, 0.3) is 0 Å². The van der Waals surface area contributed by atoms with Gasteiger partial charge < -0.3 is 14.0 Å². The Hall–Kier alpha value is -1.85. The van der Waals surface area contributed by atoms with Gasteiger partial charge in [0.05, 0.1) is 19.3 Å². The lowest BCUT2D eigenvalue weighted by molar-refractivity contribution is -0.0343. The molecule has 4 atom stereocenters. The van der Waals surface area contributed by atoms with Crippen molar-refractivity contribution in [3.05, 3.63) is 48.0 Å². The molecule has 1 aromatic heterocycles. The Bertz CT molecular complexity index is 814. The summed E-state index contributed by atoms with van der Waals surface area (Å²) in [5, 5.41) is 0. The molecule has 2 aliphatic carbocycles. The van der Waals surface area contributed by atoms with Crippen molar-refractivity contribution < 1.29 is 9.47 Å². The monoisotopic (exact) mass is 395 g/mol. The van der Waals surface area contributed by atoms with Crippen LogP contribution in [0, 0.1) is 24.7 Å². The lowest BCUT2D eigenvalue weighted by atomic mass is 9.77. The van der Waals surface area contributed by atoms with Crippen molar-refractivity contribution in [2.24, 2.45) is 17.8 Å². The zero-order chi connectivity index (χ0) is 19.8. The number of imidazole rings is 1. The first-order chi connectivity index (χ1) is 14.2. The summed E-state index contributed by atoms with van der Waals surface area (Å²) in [6.07, 6.45) is 9.49. The standard InChI is InChI=1S/C24H33N3O2/c1-17-25-9-10-27(17)23-11-20-14-26(13-18-5-7-22(28-2)8-6-18)15-21(20)12-24(23)29-16-19-3-4-19/h5-10,19-21,23-24H,3-4,11-16H2,1-2H3/t20-,21+,23-,24-/m0/s1. The fourth-order valence-corrected chi connectivity index (χ4v) is 5.36. The van der Waals surface area contributed by atoms with Crippen molar-refractivity contribution >= 4 is 0 Å². The molecule has 0 N–H and O–H groups in total. The Kier molecular flexibility index (Phi) is 5.35. The van der Waals surface area contributed by atoms with Gasteiger partial charge in [0.15, 0.2) is 0 Å². The lowest BCUT2D eigenvalue weighted by Crippen LogP contribution is -2.38.